The van der Waals surface area contributed by atoms with Crippen molar-refractivity contribution in [2.24, 2.45) is 5.92 Å². The van der Waals surface area contributed by atoms with Crippen LogP contribution in [-0.2, 0) is 16.1 Å². The van der Waals surface area contributed by atoms with E-state index in [0.717, 1.165) is 3.57 Å². The van der Waals surface area contributed by atoms with Crippen molar-refractivity contribution < 1.29 is 24.5 Å². The first-order valence-corrected chi connectivity index (χ1v) is 13.4. The summed E-state index contributed by atoms with van der Waals surface area (Å²) in [5.74, 6) is -0.402. The summed E-state index contributed by atoms with van der Waals surface area (Å²) in [4.78, 5) is 27.8. The van der Waals surface area contributed by atoms with Gasteiger partial charge in [-0.3, -0.25) is 9.59 Å². The van der Waals surface area contributed by atoms with Crippen LogP contribution in [0.15, 0.2) is 54.1 Å². The molecule has 0 bridgehead atoms. The molecule has 10 heteroatoms. The molecule has 0 saturated carbocycles. The first kappa shape index (κ1) is 28.7. The second-order valence-electron chi connectivity index (χ2n) is 8.80. The van der Waals surface area contributed by atoms with Crippen LogP contribution in [0.3, 0.4) is 0 Å². The number of halogens is 3. The Labute approximate surface area is 234 Å². The number of amides is 2. The molecule has 3 rings (SSSR count). The molecule has 0 radical (unpaired) electrons. The van der Waals surface area contributed by atoms with Gasteiger partial charge in [-0.1, -0.05) is 55.2 Å². The lowest BCUT2D eigenvalue weighted by Crippen LogP contribution is -2.55. The largest absolute Gasteiger partial charge is 0.482 e. The molecule has 2 amide bonds. The van der Waals surface area contributed by atoms with Crippen molar-refractivity contribution in [3.8, 4) is 5.75 Å². The van der Waals surface area contributed by atoms with Gasteiger partial charge in [0.05, 0.1) is 16.2 Å². The molecule has 0 spiro atoms. The standard InChI is InChI=1S/C26H29Cl2IN2O5/c1-15(2)26(35)31(14-16-7-8-18(27)13-19(16)28)21-11-17(25(34)30-9-10-32)12-23(24(21)33)36-22-6-4-3-5-20(22)29/h3-8,12-13,15,21,23-24,32-33H,9-11,14H2,1-2H3,(H,30,34). The van der Waals surface area contributed by atoms with Crippen LogP contribution in [0.1, 0.15) is 25.8 Å². The van der Waals surface area contributed by atoms with Crippen LogP contribution in [0.25, 0.3) is 0 Å². The number of carbonyl (C=O) groups excluding carboxylic acids is 2. The third-order valence-electron chi connectivity index (χ3n) is 5.85. The maximum absolute atomic E-state index is 13.4. The van der Waals surface area contributed by atoms with Gasteiger partial charge in [0.15, 0.2) is 0 Å². The summed E-state index contributed by atoms with van der Waals surface area (Å²) in [6.07, 6.45) is -0.320. The van der Waals surface area contributed by atoms with Crippen LogP contribution in [0.2, 0.25) is 10.0 Å². The normalized spacial score (nSPS) is 19.6. The number of nitrogens with zero attached hydrogens (tertiary/aromatic N) is 1. The zero-order valence-electron chi connectivity index (χ0n) is 20.0. The Balaban J connectivity index is 2.00. The molecular weight excluding hydrogens is 618 g/mol. The van der Waals surface area contributed by atoms with Crippen molar-refractivity contribution in [2.75, 3.05) is 13.2 Å². The molecule has 0 aromatic heterocycles. The van der Waals surface area contributed by atoms with Gasteiger partial charge in [0.2, 0.25) is 11.8 Å². The number of ether oxygens (including phenoxy) is 1. The third-order valence-corrected chi connectivity index (χ3v) is 7.33. The summed E-state index contributed by atoms with van der Waals surface area (Å²) < 4.78 is 6.99. The quantitative estimate of drug-likeness (QED) is 0.355. The number of aliphatic hydroxyl groups excluding tert-OH is 2. The van der Waals surface area contributed by atoms with Crippen molar-refractivity contribution >= 4 is 57.6 Å². The van der Waals surface area contributed by atoms with Gasteiger partial charge in [0.25, 0.3) is 0 Å². The van der Waals surface area contributed by atoms with Crippen LogP contribution in [0, 0.1) is 9.49 Å². The first-order valence-electron chi connectivity index (χ1n) is 11.6. The van der Waals surface area contributed by atoms with Crippen molar-refractivity contribution in [3.05, 3.63) is 73.3 Å². The lowest BCUT2D eigenvalue weighted by molar-refractivity contribution is -0.142. The summed E-state index contributed by atoms with van der Waals surface area (Å²) in [6, 6.07) is 11.6. The zero-order valence-corrected chi connectivity index (χ0v) is 23.6. The van der Waals surface area contributed by atoms with Gasteiger partial charge >= 0.3 is 0 Å². The summed E-state index contributed by atoms with van der Waals surface area (Å²) in [6.45, 7) is 3.55. The SMILES string of the molecule is CC(C)C(=O)N(Cc1ccc(Cl)cc1Cl)C1CC(C(=O)NCCO)=CC(Oc2ccccc2I)C1O. The van der Waals surface area contributed by atoms with Crippen LogP contribution < -0.4 is 10.1 Å². The molecule has 2 aromatic rings. The van der Waals surface area contributed by atoms with E-state index in [0.29, 0.717) is 26.9 Å². The molecule has 1 aliphatic rings. The second-order valence-corrected chi connectivity index (χ2v) is 10.8. The predicted molar refractivity (Wildman–Crippen MR) is 148 cm³/mol. The highest BCUT2D eigenvalue weighted by Gasteiger charge is 2.41. The predicted octanol–water partition coefficient (Wildman–Crippen LogP) is 4.20. The van der Waals surface area contributed by atoms with Gasteiger partial charge in [-0.25, -0.2) is 0 Å². The summed E-state index contributed by atoms with van der Waals surface area (Å²) in [5.41, 5.74) is 1.02. The highest BCUT2D eigenvalue weighted by molar-refractivity contribution is 14.1. The number of rotatable bonds is 9. The molecule has 7 nitrogen and oxygen atoms in total. The monoisotopic (exact) mass is 646 g/mol. The topological polar surface area (TPSA) is 99.1 Å². The average Bonchev–Trinajstić information content (AvgIpc) is 2.84. The van der Waals surface area contributed by atoms with E-state index in [-0.39, 0.29) is 37.9 Å². The van der Waals surface area contributed by atoms with E-state index in [4.69, 9.17) is 33.0 Å². The molecule has 3 atom stereocenters. The Bertz CT molecular complexity index is 1130. The summed E-state index contributed by atoms with van der Waals surface area (Å²) in [5, 5.41) is 24.1. The Morgan fingerprint density at radius 3 is 2.58 bits per heavy atom. The number of hydrogen-bond acceptors (Lipinski definition) is 5. The highest BCUT2D eigenvalue weighted by Crippen LogP contribution is 2.32. The molecule has 194 valence electrons. The maximum Gasteiger partial charge on any atom is 0.247 e. The molecule has 0 fully saturated rings. The lowest BCUT2D eigenvalue weighted by Gasteiger charge is -2.41. The van der Waals surface area contributed by atoms with Crippen LogP contribution in [0.5, 0.6) is 5.75 Å². The van der Waals surface area contributed by atoms with Gasteiger partial charge in [0, 0.05) is 41.0 Å². The minimum Gasteiger partial charge on any atom is -0.482 e. The number of para-hydroxylation sites is 1. The Kier molecular flexibility index (Phi) is 10.4. The van der Waals surface area contributed by atoms with Crippen LogP contribution in [0.4, 0.5) is 0 Å². The lowest BCUT2D eigenvalue weighted by atomic mass is 9.87. The van der Waals surface area contributed by atoms with Crippen LogP contribution in [-0.4, -0.2) is 58.3 Å². The average molecular weight is 647 g/mol. The van der Waals surface area contributed by atoms with E-state index in [2.05, 4.69) is 27.9 Å². The smallest absolute Gasteiger partial charge is 0.247 e. The minimum atomic E-state index is -1.12. The molecule has 36 heavy (non-hydrogen) atoms. The number of nitrogens with one attached hydrogen (secondary N) is 1. The molecule has 0 heterocycles. The maximum atomic E-state index is 13.4. The molecule has 3 N–H and O–H groups in total. The van der Waals surface area contributed by atoms with E-state index in [9.17, 15) is 14.7 Å². The fourth-order valence-electron chi connectivity index (χ4n) is 3.99. The van der Waals surface area contributed by atoms with E-state index in [1.54, 1.807) is 49.1 Å². The molecule has 0 saturated heterocycles. The number of hydrogen-bond donors (Lipinski definition) is 3. The van der Waals surface area contributed by atoms with E-state index >= 15 is 0 Å². The van der Waals surface area contributed by atoms with Crippen molar-refractivity contribution in [2.45, 2.75) is 45.1 Å². The first-order chi connectivity index (χ1) is 17.1. The van der Waals surface area contributed by atoms with Crippen molar-refractivity contribution in [1.29, 1.82) is 0 Å². The molecule has 1 aliphatic carbocycles. The molecular formula is C26H29Cl2IN2O5. The van der Waals surface area contributed by atoms with Crippen LogP contribution >= 0.6 is 45.8 Å². The molecule has 0 aliphatic heterocycles. The van der Waals surface area contributed by atoms with E-state index < -0.39 is 24.2 Å². The van der Waals surface area contributed by atoms with Gasteiger partial charge in [0.1, 0.15) is 18.0 Å². The molecule has 3 unspecified atom stereocenters. The Hall–Kier alpha value is -1.85. The Morgan fingerprint density at radius 2 is 1.94 bits per heavy atom. The zero-order chi connectivity index (χ0) is 26.4. The fourth-order valence-corrected chi connectivity index (χ4v) is 4.97. The highest BCUT2D eigenvalue weighted by atomic mass is 127. The second kappa shape index (κ2) is 13.1. The minimum absolute atomic E-state index is 0.0839. The van der Waals surface area contributed by atoms with Gasteiger partial charge in [-0.15, -0.1) is 0 Å². The fraction of sp³-hybridized carbons (Fsp3) is 0.385. The number of aliphatic hydroxyl groups is 2. The third kappa shape index (κ3) is 7.13. The van der Waals surface area contributed by atoms with E-state index in [1.807, 2.05) is 18.2 Å². The van der Waals surface area contributed by atoms with Crippen molar-refractivity contribution in [3.63, 3.8) is 0 Å². The number of carbonyl (C=O) groups is 2. The summed E-state index contributed by atoms with van der Waals surface area (Å²) >= 11 is 14.6. The van der Waals surface area contributed by atoms with Crippen molar-refractivity contribution in [1.82, 2.24) is 10.2 Å². The Morgan fingerprint density at radius 1 is 1.22 bits per heavy atom. The van der Waals surface area contributed by atoms with Gasteiger partial charge in [-0.05, 0) is 58.5 Å². The molecule has 2 aromatic carbocycles. The van der Waals surface area contributed by atoms with Gasteiger partial charge in [-0.2, -0.15) is 0 Å². The van der Waals surface area contributed by atoms with Gasteiger partial charge < -0.3 is 25.2 Å². The van der Waals surface area contributed by atoms with E-state index in [1.165, 1.54) is 0 Å². The number of benzene rings is 2. The summed E-state index contributed by atoms with van der Waals surface area (Å²) in [7, 11) is 0.